The summed E-state index contributed by atoms with van der Waals surface area (Å²) in [5, 5.41) is 0. The standard InChI is InChI=1S/C24H24/c1-4-5-10-24-22(20-16-14-18(2)15-17-20)12-8-13-23(24)21-11-7-6-9-19(21)3/h4-9,11-17H,10H2,1-3H3/b5-4+. The van der Waals surface area contributed by atoms with Crippen molar-refractivity contribution in [1.82, 2.24) is 0 Å². The SMILES string of the molecule is C/C=C/Cc1c(-c2ccc(C)cc2)cccc1-c1ccccc1C. The molecule has 0 aliphatic carbocycles. The predicted octanol–water partition coefficient (Wildman–Crippen LogP) is 6.76. The van der Waals surface area contributed by atoms with Crippen molar-refractivity contribution in [3.05, 3.63) is 95.6 Å². The molecule has 0 spiro atoms. The van der Waals surface area contributed by atoms with Crippen LogP contribution < -0.4 is 0 Å². The number of hydrogen-bond acceptors (Lipinski definition) is 0. The molecular formula is C24H24. The molecule has 3 aromatic carbocycles. The Balaban J connectivity index is 2.21. The van der Waals surface area contributed by atoms with E-state index >= 15 is 0 Å². The van der Waals surface area contributed by atoms with E-state index in [4.69, 9.17) is 0 Å². The lowest BCUT2D eigenvalue weighted by Gasteiger charge is -2.16. The first kappa shape index (κ1) is 16.3. The molecule has 0 amide bonds. The molecule has 0 bridgehead atoms. The second-order valence-electron chi connectivity index (χ2n) is 6.29. The van der Waals surface area contributed by atoms with Crippen LogP contribution in [0, 0.1) is 13.8 Å². The van der Waals surface area contributed by atoms with Crippen molar-refractivity contribution < 1.29 is 0 Å². The fraction of sp³-hybridized carbons (Fsp3) is 0.167. The maximum Gasteiger partial charge on any atom is -0.00852 e. The first-order valence-corrected chi connectivity index (χ1v) is 8.57. The molecule has 0 heterocycles. The van der Waals surface area contributed by atoms with Crippen LogP contribution >= 0.6 is 0 Å². The Morgan fingerprint density at radius 3 is 2.08 bits per heavy atom. The second-order valence-corrected chi connectivity index (χ2v) is 6.29. The van der Waals surface area contributed by atoms with Gasteiger partial charge >= 0.3 is 0 Å². The van der Waals surface area contributed by atoms with Gasteiger partial charge in [0, 0.05) is 0 Å². The number of allylic oxidation sites excluding steroid dienone is 2. The Morgan fingerprint density at radius 1 is 0.708 bits per heavy atom. The van der Waals surface area contributed by atoms with E-state index in [9.17, 15) is 0 Å². The Hall–Kier alpha value is -2.60. The summed E-state index contributed by atoms with van der Waals surface area (Å²) in [7, 11) is 0. The summed E-state index contributed by atoms with van der Waals surface area (Å²) in [5.41, 5.74) is 9.29. The van der Waals surface area contributed by atoms with Crippen molar-refractivity contribution in [2.75, 3.05) is 0 Å². The maximum atomic E-state index is 2.25. The third kappa shape index (κ3) is 3.33. The van der Waals surface area contributed by atoms with Gasteiger partial charge in [0.15, 0.2) is 0 Å². The molecule has 0 radical (unpaired) electrons. The topological polar surface area (TPSA) is 0 Å². The van der Waals surface area contributed by atoms with E-state index in [1.807, 2.05) is 0 Å². The Bertz CT molecular complexity index is 851. The highest BCUT2D eigenvalue weighted by atomic mass is 14.2. The molecule has 0 aliphatic heterocycles. The molecule has 0 aliphatic rings. The van der Waals surface area contributed by atoms with Gasteiger partial charge < -0.3 is 0 Å². The highest BCUT2D eigenvalue weighted by molar-refractivity contribution is 5.80. The highest BCUT2D eigenvalue weighted by Gasteiger charge is 2.12. The summed E-state index contributed by atoms with van der Waals surface area (Å²) in [6.07, 6.45) is 5.33. The zero-order valence-corrected chi connectivity index (χ0v) is 14.7. The van der Waals surface area contributed by atoms with Crippen molar-refractivity contribution in [2.45, 2.75) is 27.2 Å². The van der Waals surface area contributed by atoms with Gasteiger partial charge in [0.2, 0.25) is 0 Å². The van der Waals surface area contributed by atoms with E-state index in [0.29, 0.717) is 0 Å². The van der Waals surface area contributed by atoms with E-state index in [1.165, 1.54) is 38.9 Å². The molecule has 0 atom stereocenters. The van der Waals surface area contributed by atoms with E-state index in [2.05, 4.69) is 99.7 Å². The smallest absolute Gasteiger partial charge is 0.00852 e. The van der Waals surface area contributed by atoms with Crippen LogP contribution in [-0.2, 0) is 6.42 Å². The molecule has 3 aromatic rings. The molecule has 0 heteroatoms. The van der Waals surface area contributed by atoms with E-state index in [1.54, 1.807) is 0 Å². The monoisotopic (exact) mass is 312 g/mol. The lowest BCUT2D eigenvalue weighted by atomic mass is 9.88. The van der Waals surface area contributed by atoms with Gasteiger partial charge in [-0.3, -0.25) is 0 Å². The van der Waals surface area contributed by atoms with Gasteiger partial charge in [-0.1, -0.05) is 84.4 Å². The van der Waals surface area contributed by atoms with Crippen molar-refractivity contribution >= 4 is 0 Å². The van der Waals surface area contributed by atoms with Gasteiger partial charge in [-0.25, -0.2) is 0 Å². The van der Waals surface area contributed by atoms with Crippen LogP contribution in [0.4, 0.5) is 0 Å². The summed E-state index contributed by atoms with van der Waals surface area (Å²) in [4.78, 5) is 0. The number of hydrogen-bond donors (Lipinski definition) is 0. The van der Waals surface area contributed by atoms with Crippen molar-refractivity contribution in [3.8, 4) is 22.3 Å². The average molecular weight is 312 g/mol. The lowest BCUT2D eigenvalue weighted by Crippen LogP contribution is -1.95. The van der Waals surface area contributed by atoms with Crippen molar-refractivity contribution in [2.24, 2.45) is 0 Å². The van der Waals surface area contributed by atoms with Crippen LogP contribution in [0.3, 0.4) is 0 Å². The second kappa shape index (κ2) is 7.31. The van der Waals surface area contributed by atoms with Gasteiger partial charge in [-0.15, -0.1) is 0 Å². The average Bonchev–Trinajstić information content (AvgIpc) is 2.61. The number of benzene rings is 3. The molecule has 24 heavy (non-hydrogen) atoms. The largest absolute Gasteiger partial charge is 0.0913 e. The van der Waals surface area contributed by atoms with Crippen LogP contribution in [0.5, 0.6) is 0 Å². The first-order chi connectivity index (χ1) is 11.7. The van der Waals surface area contributed by atoms with Crippen LogP contribution in [0.2, 0.25) is 0 Å². The molecule has 120 valence electrons. The van der Waals surface area contributed by atoms with Gasteiger partial charge in [0.1, 0.15) is 0 Å². The van der Waals surface area contributed by atoms with Gasteiger partial charge in [0.25, 0.3) is 0 Å². The van der Waals surface area contributed by atoms with E-state index in [-0.39, 0.29) is 0 Å². The summed E-state index contributed by atoms with van der Waals surface area (Å²) in [6, 6.07) is 24.1. The zero-order chi connectivity index (χ0) is 16.9. The maximum absolute atomic E-state index is 2.25. The quantitative estimate of drug-likeness (QED) is 0.467. The minimum absolute atomic E-state index is 0.949. The van der Waals surface area contributed by atoms with E-state index in [0.717, 1.165) is 6.42 Å². The van der Waals surface area contributed by atoms with Crippen LogP contribution in [-0.4, -0.2) is 0 Å². The van der Waals surface area contributed by atoms with Gasteiger partial charge in [0.05, 0.1) is 0 Å². The fourth-order valence-electron chi connectivity index (χ4n) is 3.17. The third-order valence-corrected chi connectivity index (χ3v) is 4.53. The van der Waals surface area contributed by atoms with Crippen LogP contribution in [0.1, 0.15) is 23.6 Å². The van der Waals surface area contributed by atoms with Crippen molar-refractivity contribution in [1.29, 1.82) is 0 Å². The Labute approximate surface area is 145 Å². The van der Waals surface area contributed by atoms with Crippen LogP contribution in [0.15, 0.2) is 78.9 Å². The molecule has 0 nitrogen and oxygen atoms in total. The minimum Gasteiger partial charge on any atom is -0.0913 e. The summed E-state index contributed by atoms with van der Waals surface area (Å²) >= 11 is 0. The van der Waals surface area contributed by atoms with Gasteiger partial charge in [-0.2, -0.15) is 0 Å². The van der Waals surface area contributed by atoms with Crippen molar-refractivity contribution in [3.63, 3.8) is 0 Å². The predicted molar refractivity (Wildman–Crippen MR) is 105 cm³/mol. The first-order valence-electron chi connectivity index (χ1n) is 8.57. The highest BCUT2D eigenvalue weighted by Crippen LogP contribution is 2.34. The number of aryl methyl sites for hydroxylation is 2. The Kier molecular flexibility index (Phi) is 4.96. The van der Waals surface area contributed by atoms with Gasteiger partial charge in [-0.05, 0) is 60.6 Å². The Morgan fingerprint density at radius 2 is 1.38 bits per heavy atom. The summed E-state index contributed by atoms with van der Waals surface area (Å²) in [5.74, 6) is 0. The molecule has 3 rings (SSSR count). The third-order valence-electron chi connectivity index (χ3n) is 4.53. The molecule has 0 fully saturated rings. The molecule has 0 aromatic heterocycles. The van der Waals surface area contributed by atoms with E-state index < -0.39 is 0 Å². The molecule has 0 saturated heterocycles. The molecule has 0 unspecified atom stereocenters. The fourth-order valence-corrected chi connectivity index (χ4v) is 3.17. The number of rotatable bonds is 4. The summed E-state index contributed by atoms with van der Waals surface area (Å²) < 4.78 is 0. The minimum atomic E-state index is 0.949. The summed E-state index contributed by atoms with van der Waals surface area (Å²) in [6.45, 7) is 6.41. The normalized spacial score (nSPS) is 11.1. The molecule has 0 N–H and O–H groups in total. The molecular weight excluding hydrogens is 288 g/mol. The lowest BCUT2D eigenvalue weighted by molar-refractivity contribution is 1.26. The zero-order valence-electron chi connectivity index (χ0n) is 14.7. The van der Waals surface area contributed by atoms with Crippen LogP contribution in [0.25, 0.3) is 22.3 Å². The molecule has 0 saturated carbocycles.